The van der Waals surface area contributed by atoms with Gasteiger partial charge in [0.25, 0.3) is 0 Å². The van der Waals surface area contributed by atoms with Crippen LogP contribution in [0.2, 0.25) is 0 Å². The van der Waals surface area contributed by atoms with Gasteiger partial charge < -0.3 is 9.72 Å². The summed E-state index contributed by atoms with van der Waals surface area (Å²) in [4.78, 5) is 20.1. The van der Waals surface area contributed by atoms with E-state index in [1.54, 1.807) is 0 Å². The van der Waals surface area contributed by atoms with Crippen LogP contribution in [0.25, 0.3) is 0 Å². The van der Waals surface area contributed by atoms with Crippen LogP contribution in [0.1, 0.15) is 63.7 Å². The first-order valence-corrected chi connectivity index (χ1v) is 8.82. The average Bonchev–Trinajstić information content (AvgIpc) is 2.73. The van der Waals surface area contributed by atoms with E-state index in [0.717, 1.165) is 37.3 Å². The van der Waals surface area contributed by atoms with Crippen molar-refractivity contribution in [2.75, 3.05) is 5.75 Å². The van der Waals surface area contributed by atoms with Crippen molar-refractivity contribution in [3.05, 3.63) is 17.7 Å². The Labute approximate surface area is 131 Å². The first-order valence-electron chi connectivity index (χ1n) is 7.77. The molecule has 0 spiro atoms. The number of aryl methyl sites for hydroxylation is 1. The number of thioether (sulfide) groups is 1. The highest BCUT2D eigenvalue weighted by molar-refractivity contribution is 7.99. The number of hydrogen-bond donors (Lipinski definition) is 1. The van der Waals surface area contributed by atoms with E-state index in [1.165, 1.54) is 5.69 Å². The Morgan fingerprint density at radius 2 is 2.19 bits per heavy atom. The summed E-state index contributed by atoms with van der Waals surface area (Å²) in [5, 5.41) is 0.373. The number of carbonyl (C=O) groups excluding carboxylic acids is 1. The zero-order valence-corrected chi connectivity index (χ0v) is 14.3. The molecule has 2 heterocycles. The lowest BCUT2D eigenvalue weighted by atomic mass is 9.99. The van der Waals surface area contributed by atoms with Crippen molar-refractivity contribution in [1.82, 2.24) is 9.97 Å². The number of imidazole rings is 1. The minimum Gasteiger partial charge on any atom is -0.460 e. The number of hydrogen-bond acceptors (Lipinski definition) is 4. The molecule has 118 valence electrons. The quantitative estimate of drug-likeness (QED) is 0.861. The van der Waals surface area contributed by atoms with Crippen LogP contribution < -0.4 is 0 Å². The smallest absolute Gasteiger partial charge is 0.309 e. The summed E-state index contributed by atoms with van der Waals surface area (Å²) in [5.41, 5.74) is 0.783. The van der Waals surface area contributed by atoms with Gasteiger partial charge in [0.15, 0.2) is 0 Å². The van der Waals surface area contributed by atoms with Crippen LogP contribution in [0.5, 0.6) is 0 Å². The molecule has 1 N–H and O–H groups in total. The lowest BCUT2D eigenvalue weighted by molar-refractivity contribution is -0.160. The second-order valence-electron chi connectivity index (χ2n) is 6.60. The lowest BCUT2D eigenvalue weighted by Gasteiger charge is -2.23. The number of nitrogens with zero attached hydrogens (tertiary/aromatic N) is 1. The van der Waals surface area contributed by atoms with Crippen LogP contribution in [0.15, 0.2) is 6.20 Å². The lowest BCUT2D eigenvalue weighted by Crippen LogP contribution is -2.28. The van der Waals surface area contributed by atoms with E-state index in [9.17, 15) is 4.79 Å². The van der Waals surface area contributed by atoms with Crippen molar-refractivity contribution in [3.63, 3.8) is 0 Å². The highest BCUT2D eigenvalue weighted by Gasteiger charge is 2.29. The maximum absolute atomic E-state index is 12.2. The zero-order chi connectivity index (χ0) is 15.5. The SMILES string of the molecule is CCc1cnc(C2CCC(C(=O)OC(C)(C)C)CCS2)[nH]1. The van der Waals surface area contributed by atoms with Crippen molar-refractivity contribution in [1.29, 1.82) is 0 Å². The van der Waals surface area contributed by atoms with Crippen molar-refractivity contribution >= 4 is 17.7 Å². The fourth-order valence-electron chi connectivity index (χ4n) is 2.49. The first-order chi connectivity index (χ1) is 9.89. The predicted molar refractivity (Wildman–Crippen MR) is 86.4 cm³/mol. The van der Waals surface area contributed by atoms with Crippen molar-refractivity contribution < 1.29 is 9.53 Å². The molecule has 0 amide bonds. The Hall–Kier alpha value is -0.970. The molecule has 0 saturated carbocycles. The molecule has 4 nitrogen and oxygen atoms in total. The van der Waals surface area contributed by atoms with Crippen LogP contribution in [0, 0.1) is 5.92 Å². The highest BCUT2D eigenvalue weighted by atomic mass is 32.2. The summed E-state index contributed by atoms with van der Waals surface area (Å²) in [5.74, 6) is 2.03. The van der Waals surface area contributed by atoms with Crippen molar-refractivity contribution in [2.45, 2.75) is 64.2 Å². The fraction of sp³-hybridized carbons (Fsp3) is 0.750. The molecule has 2 atom stereocenters. The van der Waals surface area contributed by atoms with E-state index in [1.807, 2.05) is 38.7 Å². The van der Waals surface area contributed by atoms with E-state index in [-0.39, 0.29) is 11.9 Å². The van der Waals surface area contributed by atoms with Gasteiger partial charge in [-0.15, -0.1) is 0 Å². The van der Waals surface area contributed by atoms with Gasteiger partial charge in [-0.05, 0) is 52.2 Å². The summed E-state index contributed by atoms with van der Waals surface area (Å²) in [6.07, 6.45) is 5.66. The van der Waals surface area contributed by atoms with Crippen LogP contribution in [0.4, 0.5) is 0 Å². The van der Waals surface area contributed by atoms with Gasteiger partial charge in [-0.3, -0.25) is 4.79 Å². The molecule has 1 aromatic heterocycles. The molecule has 21 heavy (non-hydrogen) atoms. The Bertz CT molecular complexity index is 479. The van der Waals surface area contributed by atoms with Gasteiger partial charge in [0.05, 0.1) is 11.2 Å². The Balaban J connectivity index is 1.94. The molecule has 1 saturated heterocycles. The largest absolute Gasteiger partial charge is 0.460 e. The van der Waals surface area contributed by atoms with Crippen LogP contribution in [0.3, 0.4) is 0 Å². The Kier molecular flexibility index (Phi) is 5.36. The second kappa shape index (κ2) is 6.86. The molecule has 0 aromatic carbocycles. The summed E-state index contributed by atoms with van der Waals surface area (Å²) in [6.45, 7) is 7.90. The summed E-state index contributed by atoms with van der Waals surface area (Å²) in [6, 6.07) is 0. The van der Waals surface area contributed by atoms with Gasteiger partial charge in [-0.25, -0.2) is 4.98 Å². The van der Waals surface area contributed by atoms with Gasteiger partial charge in [-0.1, -0.05) is 6.92 Å². The summed E-state index contributed by atoms with van der Waals surface area (Å²) >= 11 is 1.90. The molecule has 1 fully saturated rings. The molecule has 1 aliphatic rings. The number of esters is 1. The number of aromatic nitrogens is 2. The van der Waals surface area contributed by atoms with E-state index in [2.05, 4.69) is 16.9 Å². The second-order valence-corrected chi connectivity index (χ2v) is 7.91. The number of nitrogens with one attached hydrogen (secondary N) is 1. The number of H-pyrrole nitrogens is 1. The molecular weight excluding hydrogens is 284 g/mol. The standard InChI is InChI=1S/C16H26N2O2S/c1-5-12-10-17-14(18-12)13-7-6-11(8-9-21-13)15(19)20-16(2,3)4/h10-11,13H,5-9H2,1-4H3,(H,17,18). The van der Waals surface area contributed by atoms with Gasteiger partial charge in [-0.2, -0.15) is 11.8 Å². The molecule has 0 bridgehead atoms. The molecule has 0 aliphatic carbocycles. The zero-order valence-electron chi connectivity index (χ0n) is 13.4. The molecule has 2 unspecified atom stereocenters. The van der Waals surface area contributed by atoms with Gasteiger partial charge >= 0.3 is 5.97 Å². The number of ether oxygens (including phenoxy) is 1. The van der Waals surface area contributed by atoms with E-state index in [0.29, 0.717) is 5.25 Å². The third-order valence-corrected chi connectivity index (χ3v) is 4.97. The average molecular weight is 310 g/mol. The van der Waals surface area contributed by atoms with Gasteiger partial charge in [0.1, 0.15) is 11.4 Å². The number of aromatic amines is 1. The Morgan fingerprint density at radius 3 is 2.81 bits per heavy atom. The summed E-state index contributed by atoms with van der Waals surface area (Å²) < 4.78 is 5.52. The molecular formula is C16H26N2O2S. The van der Waals surface area contributed by atoms with Crippen LogP contribution in [-0.4, -0.2) is 27.3 Å². The molecule has 1 aliphatic heterocycles. The monoisotopic (exact) mass is 310 g/mol. The topological polar surface area (TPSA) is 55.0 Å². The maximum Gasteiger partial charge on any atom is 0.309 e. The van der Waals surface area contributed by atoms with Crippen molar-refractivity contribution in [2.24, 2.45) is 5.92 Å². The van der Waals surface area contributed by atoms with E-state index >= 15 is 0 Å². The maximum atomic E-state index is 12.2. The van der Waals surface area contributed by atoms with Gasteiger partial charge in [0, 0.05) is 11.9 Å². The minimum atomic E-state index is -0.396. The molecule has 1 aromatic rings. The predicted octanol–water partition coefficient (Wildman–Crippen LogP) is 3.89. The minimum absolute atomic E-state index is 0.0299. The molecule has 5 heteroatoms. The molecule has 0 radical (unpaired) electrons. The Morgan fingerprint density at radius 1 is 1.43 bits per heavy atom. The van der Waals surface area contributed by atoms with Crippen LogP contribution in [-0.2, 0) is 16.0 Å². The third kappa shape index (κ3) is 4.77. The van der Waals surface area contributed by atoms with Crippen molar-refractivity contribution in [3.8, 4) is 0 Å². The highest BCUT2D eigenvalue weighted by Crippen LogP contribution is 2.38. The number of rotatable bonds is 3. The van der Waals surface area contributed by atoms with Gasteiger partial charge in [0.2, 0.25) is 0 Å². The fourth-order valence-corrected chi connectivity index (χ4v) is 3.77. The first kappa shape index (κ1) is 16.4. The molecule has 2 rings (SSSR count). The van der Waals surface area contributed by atoms with Crippen LogP contribution >= 0.6 is 11.8 Å². The summed E-state index contributed by atoms with van der Waals surface area (Å²) in [7, 11) is 0. The van der Waals surface area contributed by atoms with E-state index < -0.39 is 5.60 Å². The third-order valence-electron chi connectivity index (χ3n) is 3.64. The normalized spacial score (nSPS) is 23.6. The number of carbonyl (C=O) groups is 1. The van der Waals surface area contributed by atoms with E-state index in [4.69, 9.17) is 4.74 Å².